The maximum absolute atomic E-state index is 12.9. The zero-order valence-corrected chi connectivity index (χ0v) is 17.4. The summed E-state index contributed by atoms with van der Waals surface area (Å²) in [6.07, 6.45) is 0. The molecule has 0 heterocycles. The van der Waals surface area contributed by atoms with Crippen LogP contribution in [0, 0.1) is 17.4 Å². The van der Waals surface area contributed by atoms with Crippen LogP contribution in [0.15, 0.2) is 66.7 Å². The standard InChI is InChI=1S/C24H19IO2/c1-15-8-10-18-19-11-9-16(2)23(25)21(19)13-12-20(18)22(15)24(26)27-14-17-6-4-3-5-7-17/h3-13H,14H2,1-2H3. The molecule has 0 saturated heterocycles. The molecule has 0 aromatic heterocycles. The van der Waals surface area contributed by atoms with E-state index >= 15 is 0 Å². The van der Waals surface area contributed by atoms with Gasteiger partial charge < -0.3 is 4.74 Å². The lowest BCUT2D eigenvalue weighted by atomic mass is 9.95. The predicted octanol–water partition coefficient (Wildman–Crippen LogP) is 6.57. The van der Waals surface area contributed by atoms with Crippen molar-refractivity contribution in [2.24, 2.45) is 0 Å². The van der Waals surface area contributed by atoms with Gasteiger partial charge in [0.2, 0.25) is 0 Å². The zero-order valence-electron chi connectivity index (χ0n) is 15.3. The second-order valence-corrected chi connectivity index (χ2v) is 7.85. The molecule has 0 aliphatic carbocycles. The molecular weight excluding hydrogens is 447 g/mol. The summed E-state index contributed by atoms with van der Waals surface area (Å²) in [6, 6.07) is 22.3. The van der Waals surface area contributed by atoms with Crippen LogP contribution in [0.4, 0.5) is 0 Å². The van der Waals surface area contributed by atoms with E-state index in [0.717, 1.165) is 21.9 Å². The molecule has 4 aromatic rings. The van der Waals surface area contributed by atoms with Crippen LogP contribution >= 0.6 is 22.6 Å². The average Bonchev–Trinajstić information content (AvgIpc) is 2.69. The summed E-state index contributed by atoms with van der Waals surface area (Å²) in [7, 11) is 0. The number of benzene rings is 4. The molecule has 4 rings (SSSR count). The van der Waals surface area contributed by atoms with E-state index < -0.39 is 0 Å². The number of fused-ring (bicyclic) bond motifs is 3. The lowest BCUT2D eigenvalue weighted by molar-refractivity contribution is 0.0474. The SMILES string of the molecule is Cc1ccc2c(ccc3c(C(=O)OCc4ccccc4)c(C)ccc32)c1I. The molecule has 3 heteroatoms. The first-order chi connectivity index (χ1) is 13.1. The van der Waals surface area contributed by atoms with Gasteiger partial charge in [-0.1, -0.05) is 66.7 Å². The van der Waals surface area contributed by atoms with E-state index in [1.165, 1.54) is 19.9 Å². The Kier molecular flexibility index (Phi) is 4.87. The van der Waals surface area contributed by atoms with Gasteiger partial charge >= 0.3 is 5.97 Å². The van der Waals surface area contributed by atoms with E-state index in [0.29, 0.717) is 5.56 Å². The van der Waals surface area contributed by atoms with Gasteiger partial charge in [0.15, 0.2) is 0 Å². The van der Waals surface area contributed by atoms with Gasteiger partial charge in [0, 0.05) is 3.57 Å². The topological polar surface area (TPSA) is 26.3 Å². The van der Waals surface area contributed by atoms with Gasteiger partial charge in [0.05, 0.1) is 5.56 Å². The van der Waals surface area contributed by atoms with Crippen molar-refractivity contribution in [2.75, 3.05) is 0 Å². The summed E-state index contributed by atoms with van der Waals surface area (Å²) in [5.41, 5.74) is 3.83. The maximum Gasteiger partial charge on any atom is 0.339 e. The number of carbonyl (C=O) groups excluding carboxylic acids is 1. The lowest BCUT2D eigenvalue weighted by Crippen LogP contribution is -2.08. The largest absolute Gasteiger partial charge is 0.457 e. The second-order valence-electron chi connectivity index (χ2n) is 6.77. The highest BCUT2D eigenvalue weighted by atomic mass is 127. The summed E-state index contributed by atoms with van der Waals surface area (Å²) in [5.74, 6) is -0.275. The van der Waals surface area contributed by atoms with Crippen molar-refractivity contribution < 1.29 is 9.53 Å². The van der Waals surface area contributed by atoms with E-state index in [1.807, 2.05) is 49.4 Å². The molecule has 0 N–H and O–H groups in total. The molecule has 0 radical (unpaired) electrons. The van der Waals surface area contributed by atoms with Crippen LogP contribution in [-0.2, 0) is 11.3 Å². The smallest absolute Gasteiger partial charge is 0.339 e. The number of carbonyl (C=O) groups is 1. The molecule has 134 valence electrons. The Morgan fingerprint density at radius 1 is 0.778 bits per heavy atom. The highest BCUT2D eigenvalue weighted by molar-refractivity contribution is 14.1. The summed E-state index contributed by atoms with van der Waals surface area (Å²) >= 11 is 2.39. The highest BCUT2D eigenvalue weighted by Gasteiger charge is 2.17. The molecule has 0 unspecified atom stereocenters. The van der Waals surface area contributed by atoms with Crippen molar-refractivity contribution >= 4 is 50.1 Å². The first-order valence-corrected chi connectivity index (χ1v) is 9.96. The van der Waals surface area contributed by atoms with Gasteiger partial charge in [-0.15, -0.1) is 0 Å². The minimum atomic E-state index is -0.275. The van der Waals surface area contributed by atoms with E-state index in [2.05, 4.69) is 53.8 Å². The Balaban J connectivity index is 1.80. The van der Waals surface area contributed by atoms with Crippen molar-refractivity contribution in [3.8, 4) is 0 Å². The molecule has 0 aliphatic rings. The summed E-state index contributed by atoms with van der Waals surface area (Å²) in [5, 5.41) is 4.41. The molecule has 2 nitrogen and oxygen atoms in total. The summed E-state index contributed by atoms with van der Waals surface area (Å²) < 4.78 is 6.87. The van der Waals surface area contributed by atoms with Crippen molar-refractivity contribution in [1.82, 2.24) is 0 Å². The predicted molar refractivity (Wildman–Crippen MR) is 119 cm³/mol. The van der Waals surface area contributed by atoms with E-state index in [9.17, 15) is 4.79 Å². The van der Waals surface area contributed by atoms with Gasteiger partial charge in [-0.2, -0.15) is 0 Å². The van der Waals surface area contributed by atoms with Crippen molar-refractivity contribution in [3.63, 3.8) is 0 Å². The molecule has 0 amide bonds. The molecule has 4 aromatic carbocycles. The van der Waals surface area contributed by atoms with Crippen LogP contribution in [0.5, 0.6) is 0 Å². The number of hydrogen-bond acceptors (Lipinski definition) is 2. The Morgan fingerprint density at radius 3 is 2.11 bits per heavy atom. The Bertz CT molecular complexity index is 1160. The fraction of sp³-hybridized carbons (Fsp3) is 0.125. The van der Waals surface area contributed by atoms with Crippen molar-refractivity contribution in [2.45, 2.75) is 20.5 Å². The van der Waals surface area contributed by atoms with Crippen LogP contribution in [-0.4, -0.2) is 5.97 Å². The molecule has 0 bridgehead atoms. The minimum Gasteiger partial charge on any atom is -0.457 e. The Morgan fingerprint density at radius 2 is 1.37 bits per heavy atom. The minimum absolute atomic E-state index is 0.275. The molecular formula is C24H19IO2. The second kappa shape index (κ2) is 7.31. The fourth-order valence-corrected chi connectivity index (χ4v) is 4.12. The molecule has 0 saturated carbocycles. The quantitative estimate of drug-likeness (QED) is 0.194. The van der Waals surface area contributed by atoms with Gasteiger partial charge in [-0.05, 0) is 74.7 Å². The van der Waals surface area contributed by atoms with Crippen LogP contribution in [0.1, 0.15) is 27.0 Å². The monoisotopic (exact) mass is 466 g/mol. The lowest BCUT2D eigenvalue weighted by Gasteiger charge is -2.13. The molecule has 0 spiro atoms. The molecule has 0 aliphatic heterocycles. The number of rotatable bonds is 3. The summed E-state index contributed by atoms with van der Waals surface area (Å²) in [4.78, 5) is 12.9. The Hall–Kier alpha value is -2.40. The number of aryl methyl sites for hydroxylation is 2. The Labute approximate surface area is 172 Å². The van der Waals surface area contributed by atoms with Gasteiger partial charge in [-0.25, -0.2) is 4.79 Å². The van der Waals surface area contributed by atoms with Crippen LogP contribution in [0.25, 0.3) is 21.5 Å². The van der Waals surface area contributed by atoms with Crippen LogP contribution in [0.2, 0.25) is 0 Å². The number of hydrogen-bond donors (Lipinski definition) is 0. The molecule has 0 atom stereocenters. The van der Waals surface area contributed by atoms with E-state index in [4.69, 9.17) is 4.74 Å². The van der Waals surface area contributed by atoms with E-state index in [1.54, 1.807) is 0 Å². The number of halogens is 1. The number of esters is 1. The third-order valence-electron chi connectivity index (χ3n) is 4.95. The maximum atomic E-state index is 12.9. The van der Waals surface area contributed by atoms with Gasteiger partial charge in [0.1, 0.15) is 6.61 Å². The van der Waals surface area contributed by atoms with Crippen molar-refractivity contribution in [3.05, 3.63) is 92.6 Å². The van der Waals surface area contributed by atoms with Gasteiger partial charge in [-0.3, -0.25) is 0 Å². The normalized spacial score (nSPS) is 11.1. The third-order valence-corrected chi connectivity index (χ3v) is 6.38. The highest BCUT2D eigenvalue weighted by Crippen LogP contribution is 2.33. The zero-order chi connectivity index (χ0) is 19.0. The molecule has 0 fully saturated rings. The van der Waals surface area contributed by atoms with Crippen LogP contribution in [0.3, 0.4) is 0 Å². The summed E-state index contributed by atoms with van der Waals surface area (Å²) in [6.45, 7) is 4.36. The van der Waals surface area contributed by atoms with Gasteiger partial charge in [0.25, 0.3) is 0 Å². The third kappa shape index (κ3) is 3.32. The average molecular weight is 466 g/mol. The fourth-order valence-electron chi connectivity index (χ4n) is 3.47. The molecule has 27 heavy (non-hydrogen) atoms. The number of ether oxygens (including phenoxy) is 1. The first kappa shape index (κ1) is 18.0. The first-order valence-electron chi connectivity index (χ1n) is 8.88. The van der Waals surface area contributed by atoms with E-state index in [-0.39, 0.29) is 12.6 Å². The van der Waals surface area contributed by atoms with Crippen molar-refractivity contribution in [1.29, 1.82) is 0 Å². The van der Waals surface area contributed by atoms with Crippen LogP contribution < -0.4 is 0 Å².